The zero-order chi connectivity index (χ0) is 14.2. The number of aromatic nitrogens is 2. The van der Waals surface area contributed by atoms with Crippen LogP contribution in [-0.4, -0.2) is 23.6 Å². The van der Waals surface area contributed by atoms with E-state index >= 15 is 0 Å². The van der Waals surface area contributed by atoms with Crippen LogP contribution in [0, 0.1) is 0 Å². The molecule has 20 heavy (non-hydrogen) atoms. The first-order valence-electron chi connectivity index (χ1n) is 8.00. The second-order valence-corrected chi connectivity index (χ2v) is 5.62. The summed E-state index contributed by atoms with van der Waals surface area (Å²) in [6, 6.07) is 1.90. The molecule has 0 atom stereocenters. The summed E-state index contributed by atoms with van der Waals surface area (Å²) >= 11 is 0. The topological polar surface area (TPSA) is 47.0 Å². The molecular formula is C16H27N3O. The molecule has 1 aliphatic rings. The van der Waals surface area contributed by atoms with Gasteiger partial charge in [0.2, 0.25) is 5.88 Å². The second-order valence-electron chi connectivity index (χ2n) is 5.62. The van der Waals surface area contributed by atoms with E-state index in [0.29, 0.717) is 11.8 Å². The number of ether oxygens (including phenoxy) is 1. The van der Waals surface area contributed by atoms with Crippen LogP contribution in [0.25, 0.3) is 0 Å². The van der Waals surface area contributed by atoms with Crippen LogP contribution >= 0.6 is 0 Å². The minimum atomic E-state index is 0.509. The normalized spacial score (nSPS) is 16.1. The van der Waals surface area contributed by atoms with Gasteiger partial charge in [0, 0.05) is 18.5 Å². The largest absolute Gasteiger partial charge is 0.481 e. The van der Waals surface area contributed by atoms with Gasteiger partial charge in [0.15, 0.2) is 0 Å². The Labute approximate surface area is 122 Å². The maximum absolute atomic E-state index is 5.32. The third-order valence-corrected chi connectivity index (χ3v) is 3.99. The van der Waals surface area contributed by atoms with Crippen LogP contribution in [0.15, 0.2) is 6.07 Å². The quantitative estimate of drug-likeness (QED) is 0.761. The van der Waals surface area contributed by atoms with Crippen LogP contribution in [0.3, 0.4) is 0 Å². The van der Waals surface area contributed by atoms with Gasteiger partial charge in [-0.15, -0.1) is 0 Å². The van der Waals surface area contributed by atoms with Gasteiger partial charge in [-0.2, -0.15) is 4.98 Å². The summed E-state index contributed by atoms with van der Waals surface area (Å²) in [7, 11) is 1.67. The van der Waals surface area contributed by atoms with Crippen molar-refractivity contribution in [3.63, 3.8) is 0 Å². The third-order valence-electron chi connectivity index (χ3n) is 3.99. The molecule has 1 heterocycles. The molecule has 1 N–H and O–H groups in total. The average Bonchev–Trinajstić information content (AvgIpc) is 2.52. The maximum Gasteiger partial charge on any atom is 0.218 e. The predicted molar refractivity (Wildman–Crippen MR) is 82.4 cm³/mol. The zero-order valence-corrected chi connectivity index (χ0v) is 12.8. The van der Waals surface area contributed by atoms with E-state index in [2.05, 4.69) is 17.2 Å². The molecule has 112 valence electrons. The van der Waals surface area contributed by atoms with Crippen LogP contribution < -0.4 is 10.1 Å². The van der Waals surface area contributed by atoms with Gasteiger partial charge in [-0.25, -0.2) is 4.98 Å². The Morgan fingerprint density at radius 3 is 2.70 bits per heavy atom. The summed E-state index contributed by atoms with van der Waals surface area (Å²) < 4.78 is 5.32. The number of hydrogen-bond donors (Lipinski definition) is 1. The fourth-order valence-electron chi connectivity index (χ4n) is 2.77. The van der Waals surface area contributed by atoms with Crippen LogP contribution in [0.5, 0.6) is 5.88 Å². The van der Waals surface area contributed by atoms with Gasteiger partial charge in [0.05, 0.1) is 7.11 Å². The van der Waals surface area contributed by atoms with E-state index in [1.54, 1.807) is 7.11 Å². The van der Waals surface area contributed by atoms with Crippen molar-refractivity contribution >= 4 is 5.82 Å². The minimum Gasteiger partial charge on any atom is -0.481 e. The molecule has 0 unspecified atom stereocenters. The van der Waals surface area contributed by atoms with Crippen molar-refractivity contribution < 1.29 is 4.74 Å². The summed E-state index contributed by atoms with van der Waals surface area (Å²) in [5.41, 5.74) is 0. The van der Waals surface area contributed by atoms with Crippen molar-refractivity contribution in [1.82, 2.24) is 9.97 Å². The molecule has 0 saturated heterocycles. The van der Waals surface area contributed by atoms with Gasteiger partial charge in [0.25, 0.3) is 0 Å². The SMILES string of the molecule is CCCCCNc1cc(OC)nc(C2CCCCC2)n1. The Kier molecular flexibility index (Phi) is 6.09. The van der Waals surface area contributed by atoms with Crippen molar-refractivity contribution in [2.24, 2.45) is 0 Å². The molecule has 4 nitrogen and oxygen atoms in total. The number of methoxy groups -OCH3 is 1. The van der Waals surface area contributed by atoms with Crippen LogP contribution in [0.1, 0.15) is 70.0 Å². The molecule has 2 rings (SSSR count). The highest BCUT2D eigenvalue weighted by Crippen LogP contribution is 2.32. The number of nitrogens with zero attached hydrogens (tertiary/aromatic N) is 2. The van der Waals surface area contributed by atoms with Crippen LogP contribution in [0.2, 0.25) is 0 Å². The summed E-state index contributed by atoms with van der Waals surface area (Å²) in [6.45, 7) is 3.19. The van der Waals surface area contributed by atoms with E-state index in [9.17, 15) is 0 Å². The molecule has 0 radical (unpaired) electrons. The highest BCUT2D eigenvalue weighted by atomic mass is 16.5. The first-order valence-corrected chi connectivity index (χ1v) is 8.00. The van der Waals surface area contributed by atoms with E-state index in [-0.39, 0.29) is 0 Å². The monoisotopic (exact) mass is 277 g/mol. The van der Waals surface area contributed by atoms with Crippen molar-refractivity contribution in [3.8, 4) is 5.88 Å². The van der Waals surface area contributed by atoms with E-state index in [0.717, 1.165) is 18.2 Å². The lowest BCUT2D eigenvalue weighted by Gasteiger charge is -2.21. The average molecular weight is 277 g/mol. The molecular weight excluding hydrogens is 250 g/mol. The van der Waals surface area contributed by atoms with E-state index < -0.39 is 0 Å². The zero-order valence-electron chi connectivity index (χ0n) is 12.8. The Morgan fingerprint density at radius 2 is 2.00 bits per heavy atom. The summed E-state index contributed by atoms with van der Waals surface area (Å²) in [5, 5.41) is 3.40. The molecule has 0 bridgehead atoms. The number of unbranched alkanes of at least 4 members (excludes halogenated alkanes) is 2. The van der Waals surface area contributed by atoms with Crippen molar-refractivity contribution in [2.45, 2.75) is 64.2 Å². The number of hydrogen-bond acceptors (Lipinski definition) is 4. The lowest BCUT2D eigenvalue weighted by atomic mass is 9.89. The second kappa shape index (κ2) is 8.08. The van der Waals surface area contributed by atoms with E-state index in [4.69, 9.17) is 9.72 Å². The predicted octanol–water partition coefficient (Wildman–Crippen LogP) is 4.14. The third kappa shape index (κ3) is 4.36. The fraction of sp³-hybridized carbons (Fsp3) is 0.750. The molecule has 0 amide bonds. The Morgan fingerprint density at radius 1 is 1.20 bits per heavy atom. The van der Waals surface area contributed by atoms with Crippen LogP contribution in [-0.2, 0) is 0 Å². The molecule has 0 spiro atoms. The Hall–Kier alpha value is -1.32. The number of anilines is 1. The van der Waals surface area contributed by atoms with E-state index in [1.807, 2.05) is 6.07 Å². The maximum atomic E-state index is 5.32. The van der Waals surface area contributed by atoms with Gasteiger partial charge >= 0.3 is 0 Å². The summed E-state index contributed by atoms with van der Waals surface area (Å²) in [5.74, 6) is 3.06. The molecule has 0 aliphatic heterocycles. The van der Waals surface area contributed by atoms with Gasteiger partial charge in [-0.1, -0.05) is 39.0 Å². The standard InChI is InChI=1S/C16H27N3O/c1-3-4-8-11-17-14-12-15(20-2)19-16(18-14)13-9-6-5-7-10-13/h12-13H,3-11H2,1-2H3,(H,17,18,19). The van der Waals surface area contributed by atoms with Gasteiger partial charge in [-0.3, -0.25) is 0 Å². The minimum absolute atomic E-state index is 0.509. The van der Waals surface area contributed by atoms with Gasteiger partial charge in [0.1, 0.15) is 11.6 Å². The first-order chi connectivity index (χ1) is 9.83. The lowest BCUT2D eigenvalue weighted by molar-refractivity contribution is 0.383. The Bertz CT molecular complexity index is 403. The molecule has 1 aromatic heterocycles. The first kappa shape index (κ1) is 15.1. The molecule has 0 aromatic carbocycles. The molecule has 1 aromatic rings. The summed E-state index contributed by atoms with van der Waals surface area (Å²) in [4.78, 5) is 9.25. The molecule has 1 fully saturated rings. The molecule has 1 saturated carbocycles. The van der Waals surface area contributed by atoms with Gasteiger partial charge in [-0.05, 0) is 19.3 Å². The van der Waals surface area contributed by atoms with Crippen molar-refractivity contribution in [3.05, 3.63) is 11.9 Å². The number of nitrogens with one attached hydrogen (secondary N) is 1. The summed E-state index contributed by atoms with van der Waals surface area (Å²) in [6.07, 6.45) is 10.0. The van der Waals surface area contributed by atoms with Crippen molar-refractivity contribution in [1.29, 1.82) is 0 Å². The van der Waals surface area contributed by atoms with Crippen LogP contribution in [0.4, 0.5) is 5.82 Å². The smallest absolute Gasteiger partial charge is 0.218 e. The Balaban J connectivity index is 2.03. The van der Waals surface area contributed by atoms with Crippen molar-refractivity contribution in [2.75, 3.05) is 19.0 Å². The molecule has 4 heteroatoms. The van der Waals surface area contributed by atoms with Gasteiger partial charge < -0.3 is 10.1 Å². The lowest BCUT2D eigenvalue weighted by Crippen LogP contribution is -2.12. The van der Waals surface area contributed by atoms with E-state index in [1.165, 1.54) is 51.4 Å². The fourth-order valence-corrected chi connectivity index (χ4v) is 2.77. The number of rotatable bonds is 7. The highest BCUT2D eigenvalue weighted by molar-refractivity contribution is 5.38. The molecule has 1 aliphatic carbocycles. The highest BCUT2D eigenvalue weighted by Gasteiger charge is 2.19.